The first kappa shape index (κ1) is 19.5. The van der Waals surface area contributed by atoms with Gasteiger partial charge in [-0.1, -0.05) is 11.8 Å². The molecule has 0 radical (unpaired) electrons. The Morgan fingerprint density at radius 3 is 2.81 bits per heavy atom. The third-order valence-corrected chi connectivity index (χ3v) is 6.22. The number of hydrogen-bond acceptors (Lipinski definition) is 7. The Kier molecular flexibility index (Phi) is 5.02. The van der Waals surface area contributed by atoms with E-state index in [0.29, 0.717) is 22.5 Å². The van der Waals surface area contributed by atoms with Crippen LogP contribution in [0.4, 0.5) is 10.2 Å². The lowest BCUT2D eigenvalue weighted by molar-refractivity contribution is 0.198. The SMILES string of the molecule is N#Cc1cnn2cc(-c3ccc(N4CC[C@H](O)C4)nc3)cc(Sc3ncccc3F)c12. The van der Waals surface area contributed by atoms with Crippen LogP contribution in [0.2, 0.25) is 0 Å². The fraction of sp³-hybridized carbons (Fsp3) is 0.182. The third-order valence-electron chi connectivity index (χ3n) is 5.20. The molecule has 0 bridgehead atoms. The van der Waals surface area contributed by atoms with Gasteiger partial charge in [-0.05, 0) is 36.8 Å². The molecule has 4 aromatic rings. The first-order chi connectivity index (χ1) is 15.1. The van der Waals surface area contributed by atoms with E-state index in [9.17, 15) is 14.8 Å². The van der Waals surface area contributed by atoms with Crippen LogP contribution in [-0.2, 0) is 0 Å². The summed E-state index contributed by atoms with van der Waals surface area (Å²) < 4.78 is 15.9. The summed E-state index contributed by atoms with van der Waals surface area (Å²) in [5, 5.41) is 23.8. The number of nitrogens with zero attached hydrogens (tertiary/aromatic N) is 6. The summed E-state index contributed by atoms with van der Waals surface area (Å²) in [7, 11) is 0. The van der Waals surface area contributed by atoms with E-state index in [2.05, 4.69) is 26.0 Å². The minimum absolute atomic E-state index is 0.229. The van der Waals surface area contributed by atoms with Crippen molar-refractivity contribution >= 4 is 23.1 Å². The van der Waals surface area contributed by atoms with Crippen LogP contribution in [0.25, 0.3) is 16.6 Å². The van der Waals surface area contributed by atoms with Crippen LogP contribution in [0.1, 0.15) is 12.0 Å². The Morgan fingerprint density at radius 2 is 2.10 bits per heavy atom. The Morgan fingerprint density at radius 1 is 1.19 bits per heavy atom. The van der Waals surface area contributed by atoms with E-state index in [1.54, 1.807) is 10.7 Å². The number of β-amino-alcohol motifs (C(OH)–C–C–N with tert-alkyl or cyclic N) is 1. The highest BCUT2D eigenvalue weighted by Crippen LogP contribution is 2.36. The molecule has 0 saturated carbocycles. The van der Waals surface area contributed by atoms with Crippen LogP contribution >= 0.6 is 11.8 Å². The highest BCUT2D eigenvalue weighted by molar-refractivity contribution is 7.99. The van der Waals surface area contributed by atoms with Crippen molar-refractivity contribution in [2.45, 2.75) is 22.4 Å². The van der Waals surface area contributed by atoms with Gasteiger partial charge in [-0.25, -0.2) is 18.9 Å². The van der Waals surface area contributed by atoms with Crippen LogP contribution in [0.15, 0.2) is 65.0 Å². The summed E-state index contributed by atoms with van der Waals surface area (Å²) in [4.78, 5) is 11.4. The predicted molar refractivity (Wildman–Crippen MR) is 114 cm³/mol. The Balaban J connectivity index is 1.55. The van der Waals surface area contributed by atoms with Gasteiger partial charge in [0.1, 0.15) is 16.9 Å². The van der Waals surface area contributed by atoms with E-state index in [0.717, 1.165) is 41.7 Å². The van der Waals surface area contributed by atoms with E-state index >= 15 is 0 Å². The normalized spacial score (nSPS) is 16.0. The number of hydrogen-bond donors (Lipinski definition) is 1. The summed E-state index contributed by atoms with van der Waals surface area (Å²) in [6.07, 6.45) is 7.05. The minimum atomic E-state index is -0.423. The monoisotopic (exact) mass is 432 g/mol. The summed E-state index contributed by atoms with van der Waals surface area (Å²) in [5.74, 6) is 0.394. The van der Waals surface area contributed by atoms with Gasteiger partial charge in [0, 0.05) is 47.7 Å². The molecular formula is C22H17FN6OS. The fourth-order valence-corrected chi connectivity index (χ4v) is 4.62. The topological polar surface area (TPSA) is 90.3 Å². The molecule has 1 N–H and O–H groups in total. The lowest BCUT2D eigenvalue weighted by atomic mass is 10.1. The van der Waals surface area contributed by atoms with Crippen LogP contribution in [0, 0.1) is 17.1 Å². The van der Waals surface area contributed by atoms with Crippen molar-refractivity contribution in [2.75, 3.05) is 18.0 Å². The molecule has 1 saturated heterocycles. The number of fused-ring (bicyclic) bond motifs is 1. The molecule has 0 unspecified atom stereocenters. The summed E-state index contributed by atoms with van der Waals surface area (Å²) >= 11 is 1.16. The molecule has 1 fully saturated rings. The average molecular weight is 432 g/mol. The molecule has 0 aliphatic carbocycles. The highest BCUT2D eigenvalue weighted by Gasteiger charge is 2.21. The largest absolute Gasteiger partial charge is 0.391 e. The van der Waals surface area contributed by atoms with Gasteiger partial charge < -0.3 is 10.0 Å². The predicted octanol–water partition coefficient (Wildman–Crippen LogP) is 3.52. The van der Waals surface area contributed by atoms with Gasteiger partial charge in [-0.3, -0.25) is 0 Å². The van der Waals surface area contributed by atoms with E-state index in [1.165, 1.54) is 24.5 Å². The van der Waals surface area contributed by atoms with Gasteiger partial charge in [0.25, 0.3) is 0 Å². The second-order valence-electron chi connectivity index (χ2n) is 7.24. The smallest absolute Gasteiger partial charge is 0.155 e. The molecule has 5 rings (SSSR count). The number of anilines is 1. The standard InChI is InChI=1S/C22H17FN6OS/c23-18-2-1-6-25-22(18)31-19-8-15(12-29-21(19)16(9-24)11-27-29)14-3-4-20(26-10-14)28-7-5-17(30)13-28/h1-4,6,8,10-12,17,30H,5,7,13H2/t17-/m0/s1. The maximum absolute atomic E-state index is 14.2. The number of pyridine rings is 3. The summed E-state index contributed by atoms with van der Waals surface area (Å²) in [6.45, 7) is 1.36. The molecule has 0 spiro atoms. The van der Waals surface area contributed by atoms with Crippen LogP contribution in [-0.4, -0.2) is 43.9 Å². The van der Waals surface area contributed by atoms with E-state index in [1.807, 2.05) is 24.4 Å². The number of aromatic nitrogens is 4. The first-order valence-electron chi connectivity index (χ1n) is 9.71. The molecule has 9 heteroatoms. The zero-order chi connectivity index (χ0) is 21.4. The molecular weight excluding hydrogens is 415 g/mol. The molecule has 1 atom stereocenters. The van der Waals surface area contributed by atoms with Crippen molar-refractivity contribution in [3.63, 3.8) is 0 Å². The number of aliphatic hydroxyl groups is 1. The van der Waals surface area contributed by atoms with Crippen molar-refractivity contribution in [3.05, 3.63) is 66.5 Å². The first-order valence-corrected chi connectivity index (χ1v) is 10.5. The van der Waals surface area contributed by atoms with Crippen molar-refractivity contribution in [1.82, 2.24) is 19.6 Å². The number of rotatable bonds is 4. The van der Waals surface area contributed by atoms with Gasteiger partial charge in [-0.15, -0.1) is 0 Å². The number of aliphatic hydroxyl groups excluding tert-OH is 1. The quantitative estimate of drug-likeness (QED) is 0.528. The Bertz CT molecular complexity index is 1300. The van der Waals surface area contributed by atoms with Crippen molar-refractivity contribution in [2.24, 2.45) is 0 Å². The van der Waals surface area contributed by atoms with Gasteiger partial charge in [0.05, 0.1) is 23.4 Å². The van der Waals surface area contributed by atoms with Crippen molar-refractivity contribution < 1.29 is 9.50 Å². The second kappa shape index (κ2) is 7.98. The molecule has 4 aromatic heterocycles. The molecule has 0 aromatic carbocycles. The average Bonchev–Trinajstić information content (AvgIpc) is 3.41. The fourth-order valence-electron chi connectivity index (χ4n) is 3.65. The van der Waals surface area contributed by atoms with E-state index < -0.39 is 5.82 Å². The van der Waals surface area contributed by atoms with Gasteiger partial charge in [-0.2, -0.15) is 10.4 Å². The van der Waals surface area contributed by atoms with Crippen molar-refractivity contribution in [3.8, 4) is 17.2 Å². The molecule has 1 aliphatic rings. The molecule has 7 nitrogen and oxygen atoms in total. The molecule has 5 heterocycles. The van der Waals surface area contributed by atoms with Crippen molar-refractivity contribution in [1.29, 1.82) is 5.26 Å². The van der Waals surface area contributed by atoms with Crippen LogP contribution in [0.3, 0.4) is 0 Å². The second-order valence-corrected chi connectivity index (χ2v) is 8.27. The van der Waals surface area contributed by atoms with Crippen LogP contribution in [0.5, 0.6) is 0 Å². The molecule has 0 amide bonds. The maximum Gasteiger partial charge on any atom is 0.155 e. The zero-order valence-electron chi connectivity index (χ0n) is 16.3. The maximum atomic E-state index is 14.2. The summed E-state index contributed by atoms with van der Waals surface area (Å²) in [6, 6.07) is 10.8. The zero-order valence-corrected chi connectivity index (χ0v) is 17.1. The van der Waals surface area contributed by atoms with E-state index in [4.69, 9.17) is 0 Å². The third kappa shape index (κ3) is 3.71. The van der Waals surface area contributed by atoms with Gasteiger partial charge in [0.15, 0.2) is 5.82 Å². The van der Waals surface area contributed by atoms with Crippen LogP contribution < -0.4 is 4.90 Å². The molecule has 154 valence electrons. The lowest BCUT2D eigenvalue weighted by Crippen LogP contribution is -2.21. The van der Waals surface area contributed by atoms with E-state index in [-0.39, 0.29) is 11.1 Å². The summed E-state index contributed by atoms with van der Waals surface area (Å²) in [5.41, 5.74) is 2.71. The Hall–Kier alpha value is -3.48. The minimum Gasteiger partial charge on any atom is -0.391 e. The number of halogens is 1. The van der Waals surface area contributed by atoms with Gasteiger partial charge in [0.2, 0.25) is 0 Å². The molecule has 31 heavy (non-hydrogen) atoms. The van der Waals surface area contributed by atoms with Gasteiger partial charge >= 0.3 is 0 Å². The lowest BCUT2D eigenvalue weighted by Gasteiger charge is -2.16. The molecule has 1 aliphatic heterocycles. The Labute approximate surface area is 181 Å². The number of nitriles is 1. The highest BCUT2D eigenvalue weighted by atomic mass is 32.2.